The first-order valence-corrected chi connectivity index (χ1v) is 8.08. The average Bonchev–Trinajstić information content (AvgIpc) is 2.83. The second-order valence-corrected chi connectivity index (χ2v) is 6.91. The van der Waals surface area contributed by atoms with E-state index in [0.717, 1.165) is 13.8 Å². The maximum absolute atomic E-state index is 12.5. The lowest BCUT2D eigenvalue weighted by Gasteiger charge is -2.17. The summed E-state index contributed by atoms with van der Waals surface area (Å²) in [4.78, 5) is 19.2. The molecule has 106 valence electrons. The molecule has 0 aliphatic rings. The number of halogens is 2. The number of pyridine rings is 1. The van der Waals surface area contributed by atoms with Crippen LogP contribution in [0.2, 0.25) is 0 Å². The van der Waals surface area contributed by atoms with Crippen LogP contribution in [0.25, 0.3) is 0 Å². The monoisotopic (exact) mass is 418 g/mol. The standard InChI is InChI=1S/C12H12Br2N4OS/c1-18(5-9-2-8(14)6-20-9)12(19)10-3-7(13)4-16-11(10)17-15/h2-4,6H,5,15H2,1H3,(H,16,17). The third-order valence-electron chi connectivity index (χ3n) is 2.58. The van der Waals surface area contributed by atoms with Crippen molar-refractivity contribution in [3.05, 3.63) is 43.1 Å². The molecule has 0 fully saturated rings. The van der Waals surface area contributed by atoms with E-state index in [-0.39, 0.29) is 5.91 Å². The number of nitrogens with two attached hydrogens (primary N) is 1. The minimum atomic E-state index is -0.142. The number of rotatable bonds is 4. The van der Waals surface area contributed by atoms with Crippen LogP contribution in [-0.2, 0) is 6.54 Å². The highest BCUT2D eigenvalue weighted by Crippen LogP contribution is 2.23. The van der Waals surface area contributed by atoms with Crippen LogP contribution in [0, 0.1) is 0 Å². The van der Waals surface area contributed by atoms with Crippen molar-refractivity contribution in [2.45, 2.75) is 6.54 Å². The van der Waals surface area contributed by atoms with Gasteiger partial charge in [-0.3, -0.25) is 4.79 Å². The highest BCUT2D eigenvalue weighted by atomic mass is 79.9. The van der Waals surface area contributed by atoms with Crippen LogP contribution < -0.4 is 11.3 Å². The molecule has 0 unspecified atom stereocenters. The Labute approximate surface area is 137 Å². The van der Waals surface area contributed by atoms with E-state index in [2.05, 4.69) is 42.3 Å². The first kappa shape index (κ1) is 15.4. The van der Waals surface area contributed by atoms with Gasteiger partial charge in [0.2, 0.25) is 0 Å². The molecular weight excluding hydrogens is 408 g/mol. The summed E-state index contributed by atoms with van der Waals surface area (Å²) in [6, 6.07) is 3.70. The van der Waals surface area contributed by atoms with E-state index >= 15 is 0 Å². The lowest BCUT2D eigenvalue weighted by molar-refractivity contribution is 0.0787. The molecule has 0 saturated carbocycles. The van der Waals surface area contributed by atoms with Crippen molar-refractivity contribution >= 4 is 54.9 Å². The first-order valence-electron chi connectivity index (χ1n) is 5.62. The molecule has 2 rings (SSSR count). The Balaban J connectivity index is 2.20. The number of aromatic nitrogens is 1. The van der Waals surface area contributed by atoms with Crippen LogP contribution in [0.5, 0.6) is 0 Å². The Hall–Kier alpha value is -0.960. The number of carbonyl (C=O) groups excluding carboxylic acids is 1. The van der Waals surface area contributed by atoms with Gasteiger partial charge in [-0.05, 0) is 44.0 Å². The smallest absolute Gasteiger partial charge is 0.257 e. The van der Waals surface area contributed by atoms with Gasteiger partial charge in [0.1, 0.15) is 0 Å². The van der Waals surface area contributed by atoms with Crippen molar-refractivity contribution < 1.29 is 4.79 Å². The summed E-state index contributed by atoms with van der Waals surface area (Å²) < 4.78 is 1.75. The summed E-state index contributed by atoms with van der Waals surface area (Å²) in [5.41, 5.74) is 2.87. The molecule has 3 N–H and O–H groups in total. The highest BCUT2D eigenvalue weighted by Gasteiger charge is 2.18. The third kappa shape index (κ3) is 3.57. The Morgan fingerprint density at radius 3 is 2.80 bits per heavy atom. The molecule has 0 aliphatic heterocycles. The van der Waals surface area contributed by atoms with Crippen LogP contribution in [0.1, 0.15) is 15.2 Å². The zero-order valence-electron chi connectivity index (χ0n) is 10.6. The minimum Gasteiger partial charge on any atom is -0.336 e. The summed E-state index contributed by atoms with van der Waals surface area (Å²) >= 11 is 8.31. The minimum absolute atomic E-state index is 0.142. The lowest BCUT2D eigenvalue weighted by atomic mass is 10.2. The Morgan fingerprint density at radius 1 is 1.45 bits per heavy atom. The van der Waals surface area contributed by atoms with Crippen LogP contribution >= 0.6 is 43.2 Å². The molecule has 2 aromatic heterocycles. The van der Waals surface area contributed by atoms with Crippen molar-refractivity contribution in [2.24, 2.45) is 5.84 Å². The number of carbonyl (C=O) groups is 1. The normalized spacial score (nSPS) is 10.4. The Morgan fingerprint density at radius 2 is 2.20 bits per heavy atom. The number of hydrogen-bond donors (Lipinski definition) is 2. The predicted octanol–water partition coefficient (Wildman–Crippen LogP) is 3.23. The van der Waals surface area contributed by atoms with Crippen LogP contribution in [-0.4, -0.2) is 22.8 Å². The molecule has 2 aromatic rings. The number of nitrogens with zero attached hydrogens (tertiary/aromatic N) is 2. The second kappa shape index (κ2) is 6.66. The molecular formula is C12H12Br2N4OS. The first-order chi connectivity index (χ1) is 9.51. The van der Waals surface area contributed by atoms with Crippen LogP contribution in [0.15, 0.2) is 32.7 Å². The number of anilines is 1. The maximum Gasteiger partial charge on any atom is 0.257 e. The van der Waals surface area contributed by atoms with E-state index in [0.29, 0.717) is 17.9 Å². The number of amides is 1. The molecule has 0 aliphatic carbocycles. The number of hydrogen-bond acceptors (Lipinski definition) is 5. The van der Waals surface area contributed by atoms with E-state index in [1.54, 1.807) is 35.5 Å². The Bertz CT molecular complexity index is 632. The number of hydrazine groups is 1. The maximum atomic E-state index is 12.5. The zero-order chi connectivity index (χ0) is 14.7. The summed E-state index contributed by atoms with van der Waals surface area (Å²) in [7, 11) is 1.75. The van der Waals surface area contributed by atoms with Gasteiger partial charge in [-0.1, -0.05) is 0 Å². The molecule has 8 heteroatoms. The molecule has 20 heavy (non-hydrogen) atoms. The number of thiophene rings is 1. The molecule has 5 nitrogen and oxygen atoms in total. The topological polar surface area (TPSA) is 71.2 Å². The molecule has 2 heterocycles. The van der Waals surface area contributed by atoms with Crippen LogP contribution in [0.4, 0.5) is 5.82 Å². The van der Waals surface area contributed by atoms with E-state index in [1.807, 2.05) is 11.4 Å². The highest BCUT2D eigenvalue weighted by molar-refractivity contribution is 9.10. The second-order valence-electron chi connectivity index (χ2n) is 4.09. The molecule has 0 atom stereocenters. The summed E-state index contributed by atoms with van der Waals surface area (Å²) in [6.45, 7) is 0.533. The third-order valence-corrected chi connectivity index (χ3v) is 4.70. The van der Waals surface area contributed by atoms with Crippen molar-refractivity contribution in [2.75, 3.05) is 12.5 Å². The summed E-state index contributed by atoms with van der Waals surface area (Å²) in [5.74, 6) is 5.61. The molecule has 1 amide bonds. The van der Waals surface area contributed by atoms with Gasteiger partial charge < -0.3 is 10.3 Å². The fourth-order valence-electron chi connectivity index (χ4n) is 1.67. The van der Waals surface area contributed by atoms with E-state index < -0.39 is 0 Å². The molecule has 0 radical (unpaired) electrons. The fourth-order valence-corrected chi connectivity index (χ4v) is 3.50. The van der Waals surface area contributed by atoms with Crippen molar-refractivity contribution in [3.63, 3.8) is 0 Å². The van der Waals surface area contributed by atoms with Gasteiger partial charge in [-0.2, -0.15) is 0 Å². The summed E-state index contributed by atoms with van der Waals surface area (Å²) in [5, 5.41) is 1.99. The fraction of sp³-hybridized carbons (Fsp3) is 0.167. The summed E-state index contributed by atoms with van der Waals surface area (Å²) in [6.07, 6.45) is 1.59. The van der Waals surface area contributed by atoms with Gasteiger partial charge in [0, 0.05) is 32.4 Å². The number of nitrogens with one attached hydrogen (secondary N) is 1. The quantitative estimate of drug-likeness (QED) is 0.589. The molecule has 0 aromatic carbocycles. The van der Waals surface area contributed by atoms with Gasteiger partial charge in [-0.15, -0.1) is 11.3 Å². The van der Waals surface area contributed by atoms with Crippen molar-refractivity contribution in [1.29, 1.82) is 0 Å². The zero-order valence-corrected chi connectivity index (χ0v) is 14.5. The van der Waals surface area contributed by atoms with E-state index in [1.165, 1.54) is 0 Å². The van der Waals surface area contributed by atoms with Gasteiger partial charge in [0.15, 0.2) is 5.82 Å². The predicted molar refractivity (Wildman–Crippen MR) is 87.6 cm³/mol. The lowest BCUT2D eigenvalue weighted by Crippen LogP contribution is -2.27. The van der Waals surface area contributed by atoms with Gasteiger partial charge in [0.25, 0.3) is 5.91 Å². The van der Waals surface area contributed by atoms with Gasteiger partial charge in [-0.25, -0.2) is 10.8 Å². The molecule has 0 saturated heterocycles. The van der Waals surface area contributed by atoms with Gasteiger partial charge >= 0.3 is 0 Å². The number of nitrogen functional groups attached to an aromatic ring is 1. The van der Waals surface area contributed by atoms with Crippen molar-refractivity contribution in [1.82, 2.24) is 9.88 Å². The molecule has 0 spiro atoms. The van der Waals surface area contributed by atoms with Gasteiger partial charge in [0.05, 0.1) is 12.1 Å². The largest absolute Gasteiger partial charge is 0.336 e. The molecule has 0 bridgehead atoms. The van der Waals surface area contributed by atoms with E-state index in [4.69, 9.17) is 5.84 Å². The van der Waals surface area contributed by atoms with E-state index in [9.17, 15) is 4.79 Å². The van der Waals surface area contributed by atoms with Crippen molar-refractivity contribution in [3.8, 4) is 0 Å². The average molecular weight is 420 g/mol. The SMILES string of the molecule is CN(Cc1cc(Br)cs1)C(=O)c1cc(Br)cnc1NN. The van der Waals surface area contributed by atoms with Crippen LogP contribution in [0.3, 0.4) is 0 Å². The Kier molecular flexibility index (Phi) is 5.14.